The van der Waals surface area contributed by atoms with E-state index < -0.39 is 5.97 Å². The van der Waals surface area contributed by atoms with Crippen LogP contribution in [0.3, 0.4) is 0 Å². The minimum atomic E-state index is -0.610. The Balaban J connectivity index is 1.80. The van der Waals surface area contributed by atoms with E-state index in [0.717, 1.165) is 18.3 Å². The number of carboxylic acid groups (broad SMARTS) is 1. The van der Waals surface area contributed by atoms with E-state index in [1.807, 2.05) is 0 Å². The van der Waals surface area contributed by atoms with Crippen LogP contribution in [0.15, 0.2) is 0 Å². The molecule has 0 aromatic rings. The summed E-state index contributed by atoms with van der Waals surface area (Å²) in [5, 5.41) is 8.71. The van der Waals surface area contributed by atoms with Gasteiger partial charge in [0.05, 0.1) is 0 Å². The molecule has 0 aromatic carbocycles. The lowest BCUT2D eigenvalue weighted by Gasteiger charge is -2.28. The molecule has 2 saturated carbocycles. The van der Waals surface area contributed by atoms with E-state index in [0.29, 0.717) is 12.3 Å². The number of hydrogen-bond acceptors (Lipinski definition) is 1. The van der Waals surface area contributed by atoms with Gasteiger partial charge in [0.1, 0.15) is 0 Å². The van der Waals surface area contributed by atoms with Gasteiger partial charge in [-0.3, -0.25) is 4.79 Å². The normalized spacial score (nSPS) is 34.5. The van der Waals surface area contributed by atoms with Crippen molar-refractivity contribution in [2.45, 2.75) is 44.9 Å². The molecule has 2 aliphatic rings. The van der Waals surface area contributed by atoms with Gasteiger partial charge in [0.2, 0.25) is 0 Å². The minimum Gasteiger partial charge on any atom is -0.481 e. The number of hydrogen-bond donors (Lipinski definition) is 1. The van der Waals surface area contributed by atoms with Gasteiger partial charge in [0.15, 0.2) is 0 Å². The fourth-order valence-electron chi connectivity index (χ4n) is 2.76. The maximum Gasteiger partial charge on any atom is 0.303 e. The van der Waals surface area contributed by atoms with Gasteiger partial charge < -0.3 is 5.11 Å². The molecule has 0 aliphatic heterocycles. The molecule has 2 unspecified atom stereocenters. The average Bonchev–Trinajstić information content (AvgIpc) is 2.85. The maximum atomic E-state index is 10.6. The number of aliphatic carboxylic acids is 1. The summed E-state index contributed by atoms with van der Waals surface area (Å²) in [7, 11) is 0. The summed E-state index contributed by atoms with van der Waals surface area (Å²) >= 11 is 0. The van der Waals surface area contributed by atoms with E-state index in [1.54, 1.807) is 0 Å². The highest BCUT2D eigenvalue weighted by Crippen LogP contribution is 2.45. The molecule has 0 heterocycles. The highest BCUT2D eigenvalue weighted by Gasteiger charge is 2.34. The third-order valence-corrected chi connectivity index (χ3v) is 3.58. The number of carboxylic acids is 1. The van der Waals surface area contributed by atoms with Gasteiger partial charge >= 0.3 is 5.97 Å². The van der Waals surface area contributed by atoms with Crippen LogP contribution in [-0.4, -0.2) is 11.1 Å². The third-order valence-electron chi connectivity index (χ3n) is 3.58. The van der Waals surface area contributed by atoms with Gasteiger partial charge in [0, 0.05) is 6.42 Å². The number of carbonyl (C=O) groups is 1. The highest BCUT2D eigenvalue weighted by molar-refractivity contribution is 5.67. The summed E-state index contributed by atoms with van der Waals surface area (Å²) in [6.45, 7) is 0. The molecule has 1 N–H and O–H groups in total. The molecule has 13 heavy (non-hydrogen) atoms. The summed E-state index contributed by atoms with van der Waals surface area (Å²) < 4.78 is 0. The molecule has 2 rings (SSSR count). The molecule has 0 aromatic heterocycles. The molecule has 74 valence electrons. The molecular weight excluding hydrogens is 164 g/mol. The first-order chi connectivity index (χ1) is 6.25. The van der Waals surface area contributed by atoms with Crippen molar-refractivity contribution in [2.75, 3.05) is 0 Å². The van der Waals surface area contributed by atoms with E-state index in [2.05, 4.69) is 0 Å². The van der Waals surface area contributed by atoms with E-state index in [1.165, 1.54) is 32.1 Å². The molecule has 0 radical (unpaired) electrons. The highest BCUT2D eigenvalue weighted by atomic mass is 16.4. The monoisotopic (exact) mass is 182 g/mol. The molecule has 2 nitrogen and oxygen atoms in total. The molecule has 0 saturated heterocycles. The summed E-state index contributed by atoms with van der Waals surface area (Å²) in [5.74, 6) is 1.72. The van der Waals surface area contributed by atoms with Gasteiger partial charge in [-0.05, 0) is 43.4 Å². The Labute approximate surface area is 79.3 Å². The first-order valence-electron chi connectivity index (χ1n) is 5.47. The first-order valence-corrected chi connectivity index (χ1v) is 5.47. The van der Waals surface area contributed by atoms with Crippen molar-refractivity contribution in [2.24, 2.45) is 17.8 Å². The Hall–Kier alpha value is -0.530. The standard InChI is InChI=1S/C11H18O2/c12-11(13)7-8-2-1-3-10(6-8)9-4-5-9/h8-10H,1-7H2,(H,12,13). The SMILES string of the molecule is O=C(O)CC1CCCC(C2CC2)C1. The van der Waals surface area contributed by atoms with Crippen molar-refractivity contribution < 1.29 is 9.90 Å². The van der Waals surface area contributed by atoms with Crippen LogP contribution >= 0.6 is 0 Å². The molecule has 2 atom stereocenters. The van der Waals surface area contributed by atoms with Crippen LogP contribution in [-0.2, 0) is 4.79 Å². The third kappa shape index (κ3) is 2.45. The largest absolute Gasteiger partial charge is 0.481 e. The van der Waals surface area contributed by atoms with E-state index >= 15 is 0 Å². The topological polar surface area (TPSA) is 37.3 Å². The zero-order valence-electron chi connectivity index (χ0n) is 8.04. The second kappa shape index (κ2) is 3.69. The Bertz CT molecular complexity index is 196. The lowest BCUT2D eigenvalue weighted by atomic mass is 9.78. The molecule has 0 spiro atoms. The van der Waals surface area contributed by atoms with E-state index in [4.69, 9.17) is 5.11 Å². The average molecular weight is 182 g/mol. The molecular formula is C11H18O2. The van der Waals surface area contributed by atoms with Crippen molar-refractivity contribution in [3.63, 3.8) is 0 Å². The van der Waals surface area contributed by atoms with Crippen molar-refractivity contribution in [3.05, 3.63) is 0 Å². The summed E-state index contributed by atoms with van der Waals surface area (Å²) in [6, 6.07) is 0. The van der Waals surface area contributed by atoms with Gasteiger partial charge in [-0.15, -0.1) is 0 Å². The lowest BCUT2D eigenvalue weighted by Crippen LogP contribution is -2.19. The van der Waals surface area contributed by atoms with Crippen LogP contribution in [0.25, 0.3) is 0 Å². The van der Waals surface area contributed by atoms with Crippen LogP contribution in [0, 0.1) is 17.8 Å². The Kier molecular flexibility index (Phi) is 2.56. The Morgan fingerprint density at radius 3 is 2.54 bits per heavy atom. The molecule has 2 fully saturated rings. The minimum absolute atomic E-state index is 0.406. The second-order valence-electron chi connectivity index (χ2n) is 4.73. The summed E-state index contributed by atoms with van der Waals surface area (Å²) in [5.41, 5.74) is 0. The van der Waals surface area contributed by atoms with Crippen LogP contribution < -0.4 is 0 Å². The predicted octanol–water partition coefficient (Wildman–Crippen LogP) is 2.68. The van der Waals surface area contributed by atoms with Gasteiger partial charge in [0.25, 0.3) is 0 Å². The van der Waals surface area contributed by atoms with Crippen molar-refractivity contribution in [3.8, 4) is 0 Å². The van der Waals surface area contributed by atoms with Crippen LogP contribution in [0.2, 0.25) is 0 Å². The van der Waals surface area contributed by atoms with Crippen molar-refractivity contribution >= 4 is 5.97 Å². The molecule has 2 heteroatoms. The zero-order valence-corrected chi connectivity index (χ0v) is 8.04. The number of rotatable bonds is 3. The van der Waals surface area contributed by atoms with E-state index in [9.17, 15) is 4.79 Å². The van der Waals surface area contributed by atoms with Crippen LogP contribution in [0.4, 0.5) is 0 Å². The van der Waals surface area contributed by atoms with Crippen LogP contribution in [0.5, 0.6) is 0 Å². The van der Waals surface area contributed by atoms with Crippen molar-refractivity contribution in [1.29, 1.82) is 0 Å². The first kappa shape index (κ1) is 9.04. The fourth-order valence-corrected chi connectivity index (χ4v) is 2.76. The van der Waals surface area contributed by atoms with Crippen LogP contribution in [0.1, 0.15) is 44.9 Å². The predicted molar refractivity (Wildman–Crippen MR) is 50.4 cm³/mol. The quantitative estimate of drug-likeness (QED) is 0.728. The smallest absolute Gasteiger partial charge is 0.303 e. The molecule has 2 aliphatic carbocycles. The lowest BCUT2D eigenvalue weighted by molar-refractivity contribution is -0.138. The zero-order chi connectivity index (χ0) is 9.26. The maximum absolute atomic E-state index is 10.6. The van der Waals surface area contributed by atoms with Gasteiger partial charge in [-0.1, -0.05) is 12.8 Å². The molecule has 0 bridgehead atoms. The molecule has 0 amide bonds. The second-order valence-corrected chi connectivity index (χ2v) is 4.73. The fraction of sp³-hybridized carbons (Fsp3) is 0.909. The summed E-state index contributed by atoms with van der Waals surface area (Å²) in [4.78, 5) is 10.6. The Morgan fingerprint density at radius 1 is 1.15 bits per heavy atom. The van der Waals surface area contributed by atoms with E-state index in [-0.39, 0.29) is 0 Å². The summed E-state index contributed by atoms with van der Waals surface area (Å²) in [6.07, 6.45) is 8.19. The van der Waals surface area contributed by atoms with Crippen molar-refractivity contribution in [1.82, 2.24) is 0 Å². The Morgan fingerprint density at radius 2 is 1.92 bits per heavy atom. The van der Waals surface area contributed by atoms with Gasteiger partial charge in [-0.2, -0.15) is 0 Å². The van der Waals surface area contributed by atoms with Gasteiger partial charge in [-0.25, -0.2) is 0 Å².